The molecule has 0 radical (unpaired) electrons. The van der Waals surface area contributed by atoms with E-state index in [-0.39, 0.29) is 0 Å². The lowest BCUT2D eigenvalue weighted by molar-refractivity contribution is 0.363. The minimum absolute atomic E-state index is 0.565. The van der Waals surface area contributed by atoms with Crippen LogP contribution < -0.4 is 5.32 Å². The van der Waals surface area contributed by atoms with Gasteiger partial charge in [0, 0.05) is 17.1 Å². The number of thiazole rings is 1. The zero-order chi connectivity index (χ0) is 9.54. The Morgan fingerprint density at radius 1 is 1.43 bits per heavy atom. The van der Waals surface area contributed by atoms with E-state index in [0.29, 0.717) is 6.04 Å². The summed E-state index contributed by atoms with van der Waals surface area (Å²) in [6.45, 7) is 0. The van der Waals surface area contributed by atoms with E-state index < -0.39 is 0 Å². The second-order valence-corrected chi connectivity index (χ2v) is 5.58. The van der Waals surface area contributed by atoms with Gasteiger partial charge in [0.15, 0.2) is 0 Å². The third kappa shape index (κ3) is 1.39. The largest absolute Gasteiger partial charge is 0.312 e. The van der Waals surface area contributed by atoms with Crippen LogP contribution in [-0.4, -0.2) is 12.0 Å². The molecular formula is C11H16N2S. The minimum Gasteiger partial charge on any atom is -0.312 e. The van der Waals surface area contributed by atoms with Crippen molar-refractivity contribution in [3.8, 4) is 0 Å². The molecule has 1 heterocycles. The van der Waals surface area contributed by atoms with Crippen LogP contribution in [0.25, 0.3) is 0 Å². The molecule has 0 bridgehead atoms. The summed E-state index contributed by atoms with van der Waals surface area (Å²) in [5.74, 6) is 3.01. The standard InChI is InChI=1S/C11H16N2S/c1-12-11(10-5-13-6-14-10)9-3-7-2-8(7)4-9/h5-9,11-12H,2-4H2,1H3. The minimum atomic E-state index is 0.565. The van der Waals surface area contributed by atoms with E-state index in [4.69, 9.17) is 0 Å². The summed E-state index contributed by atoms with van der Waals surface area (Å²) in [5, 5.41) is 3.46. The van der Waals surface area contributed by atoms with Crippen molar-refractivity contribution in [2.75, 3.05) is 7.05 Å². The van der Waals surface area contributed by atoms with Crippen molar-refractivity contribution in [2.45, 2.75) is 25.3 Å². The molecular weight excluding hydrogens is 192 g/mol. The molecule has 0 aromatic carbocycles. The second kappa shape index (κ2) is 3.31. The van der Waals surface area contributed by atoms with Gasteiger partial charge in [-0.2, -0.15) is 0 Å². The molecule has 2 fully saturated rings. The lowest BCUT2D eigenvalue weighted by Gasteiger charge is -2.22. The first-order valence-corrected chi connectivity index (χ1v) is 6.32. The Hall–Kier alpha value is -0.410. The van der Waals surface area contributed by atoms with Crippen molar-refractivity contribution < 1.29 is 0 Å². The molecule has 3 unspecified atom stereocenters. The molecule has 14 heavy (non-hydrogen) atoms. The van der Waals surface area contributed by atoms with Gasteiger partial charge in [-0.15, -0.1) is 11.3 Å². The zero-order valence-electron chi connectivity index (χ0n) is 8.44. The Labute approximate surface area is 88.7 Å². The molecule has 3 heteroatoms. The van der Waals surface area contributed by atoms with Crippen LogP contribution in [0.3, 0.4) is 0 Å². The summed E-state index contributed by atoms with van der Waals surface area (Å²) in [4.78, 5) is 5.59. The van der Waals surface area contributed by atoms with Gasteiger partial charge in [-0.25, -0.2) is 0 Å². The number of nitrogens with one attached hydrogen (secondary N) is 1. The van der Waals surface area contributed by atoms with Crippen LogP contribution in [-0.2, 0) is 0 Å². The molecule has 0 spiro atoms. The average Bonchev–Trinajstić information content (AvgIpc) is 2.70. The molecule has 0 amide bonds. The van der Waals surface area contributed by atoms with Crippen LogP contribution in [0.1, 0.15) is 30.2 Å². The quantitative estimate of drug-likeness (QED) is 0.825. The lowest BCUT2D eigenvalue weighted by Crippen LogP contribution is -2.23. The summed E-state index contributed by atoms with van der Waals surface area (Å²) >= 11 is 1.78. The van der Waals surface area contributed by atoms with Crippen LogP contribution in [0.15, 0.2) is 11.7 Å². The van der Waals surface area contributed by atoms with Gasteiger partial charge in [0.05, 0.1) is 5.51 Å². The molecule has 0 aliphatic heterocycles. The van der Waals surface area contributed by atoms with Gasteiger partial charge in [-0.3, -0.25) is 4.98 Å². The van der Waals surface area contributed by atoms with Gasteiger partial charge < -0.3 is 5.32 Å². The summed E-state index contributed by atoms with van der Waals surface area (Å²) in [7, 11) is 2.08. The van der Waals surface area contributed by atoms with Gasteiger partial charge in [0.2, 0.25) is 0 Å². The molecule has 2 nitrogen and oxygen atoms in total. The maximum Gasteiger partial charge on any atom is 0.0794 e. The van der Waals surface area contributed by atoms with Crippen LogP contribution >= 0.6 is 11.3 Å². The van der Waals surface area contributed by atoms with Gasteiger partial charge in [0.1, 0.15) is 0 Å². The van der Waals surface area contributed by atoms with E-state index in [2.05, 4.69) is 17.3 Å². The van der Waals surface area contributed by atoms with Crippen molar-refractivity contribution in [3.63, 3.8) is 0 Å². The molecule has 3 rings (SSSR count). The van der Waals surface area contributed by atoms with Crippen molar-refractivity contribution in [3.05, 3.63) is 16.6 Å². The molecule has 1 N–H and O–H groups in total. The van der Waals surface area contributed by atoms with Crippen LogP contribution in [0.5, 0.6) is 0 Å². The lowest BCUT2D eigenvalue weighted by atomic mass is 9.94. The Morgan fingerprint density at radius 2 is 2.21 bits per heavy atom. The van der Waals surface area contributed by atoms with E-state index in [1.165, 1.54) is 24.1 Å². The third-order valence-electron chi connectivity index (χ3n) is 3.82. The number of aromatic nitrogens is 1. The highest BCUT2D eigenvalue weighted by Crippen LogP contribution is 2.57. The number of hydrogen-bond donors (Lipinski definition) is 1. The maximum absolute atomic E-state index is 4.17. The highest BCUT2D eigenvalue weighted by atomic mass is 32.1. The summed E-state index contributed by atoms with van der Waals surface area (Å²) < 4.78 is 0. The summed E-state index contributed by atoms with van der Waals surface area (Å²) in [6, 6.07) is 0.565. The van der Waals surface area contributed by atoms with E-state index in [1.807, 2.05) is 11.7 Å². The fraction of sp³-hybridized carbons (Fsp3) is 0.727. The predicted molar refractivity (Wildman–Crippen MR) is 58.2 cm³/mol. The number of fused-ring (bicyclic) bond motifs is 1. The fourth-order valence-corrected chi connectivity index (χ4v) is 3.85. The number of rotatable bonds is 3. The van der Waals surface area contributed by atoms with E-state index in [9.17, 15) is 0 Å². The molecule has 2 aliphatic carbocycles. The summed E-state index contributed by atoms with van der Waals surface area (Å²) in [5.41, 5.74) is 1.94. The van der Waals surface area contributed by atoms with Crippen LogP contribution in [0.2, 0.25) is 0 Å². The monoisotopic (exact) mass is 208 g/mol. The smallest absolute Gasteiger partial charge is 0.0794 e. The molecule has 76 valence electrons. The van der Waals surface area contributed by atoms with Crippen molar-refractivity contribution in [1.29, 1.82) is 0 Å². The molecule has 3 atom stereocenters. The van der Waals surface area contributed by atoms with Gasteiger partial charge >= 0.3 is 0 Å². The second-order valence-electron chi connectivity index (χ2n) is 4.66. The predicted octanol–water partition coefficient (Wildman–Crippen LogP) is 2.45. The van der Waals surface area contributed by atoms with Gasteiger partial charge in [0.25, 0.3) is 0 Å². The molecule has 0 saturated heterocycles. The normalized spacial score (nSPS) is 36.8. The Balaban J connectivity index is 1.74. The fourth-order valence-electron chi connectivity index (χ4n) is 3.02. The first kappa shape index (κ1) is 8.86. The molecule has 1 aromatic heterocycles. The summed E-state index contributed by atoms with van der Waals surface area (Å²) in [6.07, 6.45) is 6.41. The third-order valence-corrected chi connectivity index (χ3v) is 4.68. The topological polar surface area (TPSA) is 24.9 Å². The number of hydrogen-bond acceptors (Lipinski definition) is 3. The molecule has 2 saturated carbocycles. The Kier molecular flexibility index (Phi) is 2.10. The molecule has 1 aromatic rings. The first-order chi connectivity index (χ1) is 6.88. The van der Waals surface area contributed by atoms with E-state index in [1.54, 1.807) is 11.3 Å². The number of nitrogens with zero attached hydrogens (tertiary/aromatic N) is 1. The van der Waals surface area contributed by atoms with Crippen molar-refractivity contribution in [1.82, 2.24) is 10.3 Å². The molecule has 2 aliphatic rings. The average molecular weight is 208 g/mol. The Bertz CT molecular complexity index is 299. The van der Waals surface area contributed by atoms with E-state index in [0.717, 1.165) is 17.8 Å². The van der Waals surface area contributed by atoms with Gasteiger partial charge in [-0.05, 0) is 44.1 Å². The highest BCUT2D eigenvalue weighted by Gasteiger charge is 2.47. The van der Waals surface area contributed by atoms with Gasteiger partial charge in [-0.1, -0.05) is 0 Å². The maximum atomic E-state index is 4.17. The highest BCUT2D eigenvalue weighted by molar-refractivity contribution is 7.09. The van der Waals surface area contributed by atoms with Crippen LogP contribution in [0, 0.1) is 17.8 Å². The Morgan fingerprint density at radius 3 is 2.79 bits per heavy atom. The zero-order valence-corrected chi connectivity index (χ0v) is 9.26. The van der Waals surface area contributed by atoms with Crippen molar-refractivity contribution in [2.24, 2.45) is 17.8 Å². The van der Waals surface area contributed by atoms with Crippen LogP contribution in [0.4, 0.5) is 0 Å². The van der Waals surface area contributed by atoms with Crippen molar-refractivity contribution >= 4 is 11.3 Å². The first-order valence-electron chi connectivity index (χ1n) is 5.44. The SMILES string of the molecule is CNC(c1cncs1)C1CC2CC2C1. The van der Waals surface area contributed by atoms with E-state index >= 15 is 0 Å².